The molecule has 0 aromatic carbocycles. The Hall–Kier alpha value is -0.120. The van der Waals surface area contributed by atoms with Gasteiger partial charge in [-0.1, -0.05) is 20.3 Å². The number of likely N-dealkylation sites (N-methyl/N-ethyl adjacent to an activating group) is 1. The summed E-state index contributed by atoms with van der Waals surface area (Å²) < 4.78 is 0. The Bertz CT molecular complexity index is 352. The van der Waals surface area contributed by atoms with Crippen molar-refractivity contribution in [1.29, 1.82) is 0 Å². The van der Waals surface area contributed by atoms with Crippen molar-refractivity contribution in [3.05, 3.63) is 0 Å². The van der Waals surface area contributed by atoms with Crippen LogP contribution in [0.2, 0.25) is 0 Å². The van der Waals surface area contributed by atoms with E-state index in [1.807, 2.05) is 0 Å². The van der Waals surface area contributed by atoms with Crippen molar-refractivity contribution in [1.82, 2.24) is 15.1 Å². The molecule has 3 heteroatoms. The molecule has 0 aromatic rings. The molecule has 0 aromatic heterocycles. The molecule has 1 aliphatic carbocycles. The van der Waals surface area contributed by atoms with Crippen LogP contribution in [0.5, 0.6) is 0 Å². The summed E-state index contributed by atoms with van der Waals surface area (Å²) in [7, 11) is 2.33. The van der Waals surface area contributed by atoms with Gasteiger partial charge in [0.2, 0.25) is 0 Å². The number of hydrogen-bond acceptors (Lipinski definition) is 3. The van der Waals surface area contributed by atoms with Crippen LogP contribution in [0, 0.1) is 11.8 Å². The molecule has 2 heterocycles. The van der Waals surface area contributed by atoms with E-state index in [0.29, 0.717) is 11.6 Å². The van der Waals surface area contributed by atoms with Gasteiger partial charge in [-0.25, -0.2) is 0 Å². The minimum Gasteiger partial charge on any atom is -0.308 e. The fourth-order valence-corrected chi connectivity index (χ4v) is 4.56. The Morgan fingerprint density at radius 3 is 2.57 bits per heavy atom. The van der Waals surface area contributed by atoms with Crippen molar-refractivity contribution in [2.24, 2.45) is 11.8 Å². The highest BCUT2D eigenvalue weighted by atomic mass is 15.3. The second-order valence-electron chi connectivity index (χ2n) is 8.44. The van der Waals surface area contributed by atoms with Crippen LogP contribution >= 0.6 is 0 Å². The van der Waals surface area contributed by atoms with Crippen molar-refractivity contribution < 1.29 is 0 Å². The maximum absolute atomic E-state index is 3.91. The molecular weight excluding hydrogens is 258 g/mol. The number of rotatable bonds is 4. The minimum absolute atomic E-state index is 0.374. The molecule has 3 fully saturated rings. The standard InChI is InChI=1S/C18H35N3/c1-14(2)17-11-19-18(3,15-8-9-15)13-21(17)12-16-7-5-6-10-20(16)4/h14-17,19H,5-13H2,1-4H3. The van der Waals surface area contributed by atoms with E-state index in [9.17, 15) is 0 Å². The third-order valence-electron chi connectivity index (χ3n) is 6.33. The fourth-order valence-electron chi connectivity index (χ4n) is 4.56. The fraction of sp³-hybridized carbons (Fsp3) is 1.00. The average Bonchev–Trinajstić information content (AvgIpc) is 3.26. The number of piperidine rings is 1. The van der Waals surface area contributed by atoms with Gasteiger partial charge in [0.1, 0.15) is 0 Å². The Balaban J connectivity index is 1.67. The van der Waals surface area contributed by atoms with E-state index < -0.39 is 0 Å². The Kier molecular flexibility index (Phi) is 4.63. The van der Waals surface area contributed by atoms with Crippen molar-refractivity contribution in [2.45, 2.75) is 70.5 Å². The normalized spacial score (nSPS) is 39.9. The molecule has 1 saturated carbocycles. The van der Waals surface area contributed by atoms with E-state index in [2.05, 4.69) is 42.9 Å². The molecule has 0 spiro atoms. The Morgan fingerprint density at radius 2 is 1.95 bits per heavy atom. The lowest BCUT2D eigenvalue weighted by Gasteiger charge is -2.50. The van der Waals surface area contributed by atoms with Crippen molar-refractivity contribution in [3.63, 3.8) is 0 Å². The van der Waals surface area contributed by atoms with Crippen LogP contribution in [-0.2, 0) is 0 Å². The van der Waals surface area contributed by atoms with Crippen LogP contribution in [0.4, 0.5) is 0 Å². The zero-order valence-corrected chi connectivity index (χ0v) is 14.6. The Labute approximate surface area is 131 Å². The van der Waals surface area contributed by atoms with Gasteiger partial charge in [0.25, 0.3) is 0 Å². The highest BCUT2D eigenvalue weighted by Gasteiger charge is 2.46. The van der Waals surface area contributed by atoms with Gasteiger partial charge in [0, 0.05) is 37.3 Å². The zero-order valence-electron chi connectivity index (χ0n) is 14.6. The molecule has 2 saturated heterocycles. The first kappa shape index (κ1) is 15.8. The van der Waals surface area contributed by atoms with E-state index in [1.165, 1.54) is 58.3 Å². The molecule has 3 aliphatic rings. The van der Waals surface area contributed by atoms with E-state index in [4.69, 9.17) is 0 Å². The van der Waals surface area contributed by atoms with Gasteiger partial charge in [-0.2, -0.15) is 0 Å². The summed E-state index contributed by atoms with van der Waals surface area (Å²) in [6.07, 6.45) is 7.08. The minimum atomic E-state index is 0.374. The molecule has 0 bridgehead atoms. The third kappa shape index (κ3) is 3.46. The van der Waals surface area contributed by atoms with Crippen molar-refractivity contribution in [2.75, 3.05) is 33.2 Å². The molecule has 3 unspecified atom stereocenters. The summed E-state index contributed by atoms with van der Waals surface area (Å²) in [5.74, 6) is 1.67. The molecule has 3 atom stereocenters. The van der Waals surface area contributed by atoms with Gasteiger partial charge in [0.05, 0.1) is 0 Å². The second kappa shape index (κ2) is 6.17. The summed E-state index contributed by atoms with van der Waals surface area (Å²) >= 11 is 0. The predicted molar refractivity (Wildman–Crippen MR) is 89.6 cm³/mol. The van der Waals surface area contributed by atoms with Crippen LogP contribution in [0.15, 0.2) is 0 Å². The van der Waals surface area contributed by atoms with Crippen molar-refractivity contribution >= 4 is 0 Å². The van der Waals surface area contributed by atoms with Gasteiger partial charge in [0.15, 0.2) is 0 Å². The highest BCUT2D eigenvalue weighted by molar-refractivity contribution is 5.05. The smallest absolute Gasteiger partial charge is 0.0309 e. The van der Waals surface area contributed by atoms with Crippen molar-refractivity contribution in [3.8, 4) is 0 Å². The maximum atomic E-state index is 3.91. The highest BCUT2D eigenvalue weighted by Crippen LogP contribution is 2.42. The van der Waals surface area contributed by atoms with Crippen LogP contribution in [-0.4, -0.2) is 60.6 Å². The second-order valence-corrected chi connectivity index (χ2v) is 8.44. The molecule has 3 rings (SSSR count). The number of hydrogen-bond donors (Lipinski definition) is 1. The zero-order chi connectivity index (χ0) is 15.0. The maximum Gasteiger partial charge on any atom is 0.0309 e. The van der Waals surface area contributed by atoms with Gasteiger partial charge in [-0.05, 0) is 58.0 Å². The number of nitrogens with one attached hydrogen (secondary N) is 1. The SMILES string of the molecule is CC(C)C1CNC(C)(C2CC2)CN1CC1CCCCN1C. The summed E-state index contributed by atoms with van der Waals surface area (Å²) in [5.41, 5.74) is 0.374. The van der Waals surface area contributed by atoms with Crippen LogP contribution < -0.4 is 5.32 Å². The summed E-state index contributed by atoms with van der Waals surface area (Å²) in [4.78, 5) is 5.45. The first-order valence-electron chi connectivity index (χ1n) is 9.19. The van der Waals surface area contributed by atoms with E-state index in [0.717, 1.165) is 17.9 Å². The lowest BCUT2D eigenvalue weighted by Crippen LogP contribution is -2.66. The van der Waals surface area contributed by atoms with E-state index in [-0.39, 0.29) is 0 Å². The van der Waals surface area contributed by atoms with E-state index >= 15 is 0 Å². The third-order valence-corrected chi connectivity index (χ3v) is 6.33. The van der Waals surface area contributed by atoms with Gasteiger partial charge in [-0.15, -0.1) is 0 Å². The summed E-state index contributed by atoms with van der Waals surface area (Å²) in [5, 5.41) is 3.91. The molecular formula is C18H35N3. The first-order chi connectivity index (χ1) is 9.99. The monoisotopic (exact) mass is 293 g/mol. The lowest BCUT2D eigenvalue weighted by molar-refractivity contribution is 0.0236. The van der Waals surface area contributed by atoms with Gasteiger partial charge >= 0.3 is 0 Å². The predicted octanol–water partition coefficient (Wildman–Crippen LogP) is 2.57. The summed E-state index contributed by atoms with van der Waals surface area (Å²) in [6.45, 7) is 12.3. The molecule has 3 nitrogen and oxygen atoms in total. The van der Waals surface area contributed by atoms with E-state index in [1.54, 1.807) is 0 Å². The van der Waals surface area contributed by atoms with Gasteiger partial charge in [-0.3, -0.25) is 4.90 Å². The average molecular weight is 293 g/mol. The van der Waals surface area contributed by atoms with Crippen LogP contribution in [0.25, 0.3) is 0 Å². The largest absolute Gasteiger partial charge is 0.308 e. The topological polar surface area (TPSA) is 18.5 Å². The lowest BCUT2D eigenvalue weighted by atomic mass is 9.87. The van der Waals surface area contributed by atoms with Crippen LogP contribution in [0.1, 0.15) is 52.9 Å². The number of nitrogens with zero attached hydrogens (tertiary/aromatic N) is 2. The van der Waals surface area contributed by atoms with Gasteiger partial charge < -0.3 is 10.2 Å². The number of likely N-dealkylation sites (tertiary alicyclic amines) is 1. The molecule has 122 valence electrons. The molecule has 2 aliphatic heterocycles. The first-order valence-corrected chi connectivity index (χ1v) is 9.19. The molecule has 0 amide bonds. The molecule has 21 heavy (non-hydrogen) atoms. The Morgan fingerprint density at radius 1 is 1.19 bits per heavy atom. The van der Waals surface area contributed by atoms with Crippen LogP contribution in [0.3, 0.4) is 0 Å². The molecule has 1 N–H and O–H groups in total. The number of piperazine rings is 1. The molecule has 0 radical (unpaired) electrons. The quantitative estimate of drug-likeness (QED) is 0.859. The summed E-state index contributed by atoms with van der Waals surface area (Å²) in [6, 6.07) is 1.49.